The number of aromatic nitrogens is 1. The van der Waals surface area contributed by atoms with Gasteiger partial charge in [0.1, 0.15) is 0 Å². The molecule has 0 aromatic carbocycles. The maximum absolute atomic E-state index is 12.0. The van der Waals surface area contributed by atoms with Crippen molar-refractivity contribution in [3.05, 3.63) is 30.1 Å². The van der Waals surface area contributed by atoms with Crippen molar-refractivity contribution in [1.29, 1.82) is 0 Å². The fraction of sp³-hybridized carbons (Fsp3) is 0.647. The number of aliphatic hydroxyl groups excluding tert-OH is 1. The summed E-state index contributed by atoms with van der Waals surface area (Å²) in [6.45, 7) is 4.47. The molecule has 0 bridgehead atoms. The Balaban J connectivity index is 1.65. The van der Waals surface area contributed by atoms with Crippen LogP contribution in [0.15, 0.2) is 24.5 Å². The molecule has 120 valence electrons. The Morgan fingerprint density at radius 1 is 1.23 bits per heavy atom. The molecular weight excluding hydrogens is 278 g/mol. The van der Waals surface area contributed by atoms with Crippen molar-refractivity contribution < 1.29 is 9.90 Å². The molecule has 0 aliphatic carbocycles. The van der Waals surface area contributed by atoms with Crippen LogP contribution < -0.4 is 0 Å². The molecule has 2 aliphatic heterocycles. The number of β-amino-alcohol motifs (C(OH)–C–C–N with tert-alkyl or cyclic N) is 1. The fourth-order valence-electron chi connectivity index (χ4n) is 3.95. The van der Waals surface area contributed by atoms with E-state index in [-0.39, 0.29) is 17.9 Å². The largest absolute Gasteiger partial charge is 0.395 e. The van der Waals surface area contributed by atoms with E-state index >= 15 is 0 Å². The van der Waals surface area contributed by atoms with Crippen LogP contribution in [0, 0.1) is 5.41 Å². The molecule has 1 atom stereocenters. The zero-order chi connectivity index (χ0) is 15.4. The number of rotatable bonds is 4. The summed E-state index contributed by atoms with van der Waals surface area (Å²) in [5.41, 5.74) is 1.51. The summed E-state index contributed by atoms with van der Waals surface area (Å²) in [6, 6.07) is 4.15. The number of piperidine rings is 2. The summed E-state index contributed by atoms with van der Waals surface area (Å²) in [5, 5.41) is 9.16. The maximum atomic E-state index is 12.0. The highest BCUT2D eigenvalue weighted by atomic mass is 16.3. The first-order valence-electron chi connectivity index (χ1n) is 8.21. The Bertz CT molecular complexity index is 508. The molecular formula is C17H25N3O2. The van der Waals surface area contributed by atoms with E-state index < -0.39 is 0 Å². The van der Waals surface area contributed by atoms with E-state index in [4.69, 9.17) is 5.11 Å². The summed E-state index contributed by atoms with van der Waals surface area (Å²) >= 11 is 0. The minimum absolute atomic E-state index is 0.0581. The summed E-state index contributed by atoms with van der Waals surface area (Å²) in [6.07, 6.45) is 7.68. The fourth-order valence-corrected chi connectivity index (χ4v) is 3.95. The molecule has 3 heterocycles. The van der Waals surface area contributed by atoms with E-state index in [1.165, 1.54) is 18.4 Å². The summed E-state index contributed by atoms with van der Waals surface area (Å²) < 4.78 is 0. The van der Waals surface area contributed by atoms with Crippen LogP contribution in [0.5, 0.6) is 0 Å². The second-order valence-corrected chi connectivity index (χ2v) is 6.71. The molecule has 0 saturated carbocycles. The van der Waals surface area contributed by atoms with E-state index in [9.17, 15) is 4.79 Å². The summed E-state index contributed by atoms with van der Waals surface area (Å²) in [7, 11) is 0. The highest BCUT2D eigenvalue weighted by molar-refractivity contribution is 5.77. The van der Waals surface area contributed by atoms with Gasteiger partial charge in [0.2, 0.25) is 5.91 Å². The number of aliphatic hydroxyl groups is 1. The minimum Gasteiger partial charge on any atom is -0.395 e. The highest BCUT2D eigenvalue weighted by Gasteiger charge is 2.41. The van der Waals surface area contributed by atoms with Crippen molar-refractivity contribution in [2.45, 2.75) is 32.2 Å². The van der Waals surface area contributed by atoms with Gasteiger partial charge in [0.15, 0.2) is 0 Å². The van der Waals surface area contributed by atoms with Crippen molar-refractivity contribution in [2.24, 2.45) is 5.41 Å². The molecule has 1 aromatic rings. The third-order valence-corrected chi connectivity index (χ3v) is 5.01. The molecule has 5 nitrogen and oxygen atoms in total. The molecule has 1 aromatic heterocycles. The van der Waals surface area contributed by atoms with Crippen LogP contribution >= 0.6 is 0 Å². The van der Waals surface area contributed by atoms with Crippen LogP contribution in [-0.4, -0.2) is 58.6 Å². The maximum Gasteiger partial charge on any atom is 0.222 e. The normalized spacial score (nSPS) is 26.6. The van der Waals surface area contributed by atoms with Crippen molar-refractivity contribution >= 4 is 5.91 Å². The van der Waals surface area contributed by atoms with Gasteiger partial charge in [-0.3, -0.25) is 14.7 Å². The van der Waals surface area contributed by atoms with Gasteiger partial charge in [-0.25, -0.2) is 0 Å². The van der Waals surface area contributed by atoms with Crippen molar-refractivity contribution in [3.63, 3.8) is 0 Å². The molecule has 22 heavy (non-hydrogen) atoms. The average molecular weight is 303 g/mol. The highest BCUT2D eigenvalue weighted by Crippen LogP contribution is 2.39. The van der Waals surface area contributed by atoms with Gasteiger partial charge in [0.05, 0.1) is 6.61 Å². The van der Waals surface area contributed by atoms with E-state index in [1.54, 1.807) is 0 Å². The predicted octanol–water partition coefficient (Wildman–Crippen LogP) is 1.28. The lowest BCUT2D eigenvalue weighted by Crippen LogP contribution is -2.54. The third kappa shape index (κ3) is 3.47. The minimum atomic E-state index is 0.0581. The molecule has 1 amide bonds. The monoisotopic (exact) mass is 303 g/mol. The average Bonchev–Trinajstić information content (AvgIpc) is 2.53. The predicted molar refractivity (Wildman–Crippen MR) is 84.1 cm³/mol. The standard InChI is InChI=1S/C17H25N3O2/c21-11-10-20-14-17(6-2-16(20)22)5-1-9-19(13-17)12-15-3-7-18-8-4-15/h3-4,7-8,21H,1-2,5-6,9-14H2. The Kier molecular flexibility index (Phi) is 4.74. The van der Waals surface area contributed by atoms with Gasteiger partial charge in [-0.1, -0.05) is 0 Å². The van der Waals surface area contributed by atoms with Gasteiger partial charge in [0, 0.05) is 50.4 Å². The Labute approximate surface area is 131 Å². The molecule has 1 spiro atoms. The van der Waals surface area contributed by atoms with Crippen molar-refractivity contribution in [3.8, 4) is 0 Å². The van der Waals surface area contributed by atoms with E-state index in [0.29, 0.717) is 13.0 Å². The van der Waals surface area contributed by atoms with Crippen molar-refractivity contribution in [2.75, 3.05) is 32.8 Å². The van der Waals surface area contributed by atoms with Crippen LogP contribution in [-0.2, 0) is 11.3 Å². The number of amides is 1. The first-order valence-corrected chi connectivity index (χ1v) is 8.21. The van der Waals surface area contributed by atoms with Crippen LogP contribution in [0.2, 0.25) is 0 Å². The zero-order valence-electron chi connectivity index (χ0n) is 13.1. The first-order chi connectivity index (χ1) is 10.7. The SMILES string of the molecule is O=C1CCC2(CCCN(Cc3ccncc3)C2)CN1CCO. The number of carbonyl (C=O) groups excluding carboxylic acids is 1. The van der Waals surface area contributed by atoms with Crippen LogP contribution in [0.4, 0.5) is 0 Å². The number of hydrogen-bond donors (Lipinski definition) is 1. The van der Waals surface area contributed by atoms with Crippen LogP contribution in [0.1, 0.15) is 31.2 Å². The number of carbonyl (C=O) groups is 1. The first kappa shape index (κ1) is 15.4. The Morgan fingerprint density at radius 2 is 2.05 bits per heavy atom. The lowest BCUT2D eigenvalue weighted by Gasteiger charge is -2.48. The van der Waals surface area contributed by atoms with Crippen molar-refractivity contribution in [1.82, 2.24) is 14.8 Å². The van der Waals surface area contributed by atoms with Gasteiger partial charge in [-0.2, -0.15) is 0 Å². The van der Waals surface area contributed by atoms with E-state index in [1.807, 2.05) is 17.3 Å². The molecule has 2 fully saturated rings. The van der Waals surface area contributed by atoms with E-state index in [0.717, 1.165) is 32.6 Å². The topological polar surface area (TPSA) is 56.7 Å². The number of likely N-dealkylation sites (tertiary alicyclic amines) is 2. The molecule has 2 saturated heterocycles. The smallest absolute Gasteiger partial charge is 0.222 e. The Hall–Kier alpha value is -1.46. The van der Waals surface area contributed by atoms with Gasteiger partial charge in [-0.15, -0.1) is 0 Å². The lowest BCUT2D eigenvalue weighted by atomic mass is 9.73. The second-order valence-electron chi connectivity index (χ2n) is 6.71. The third-order valence-electron chi connectivity index (χ3n) is 5.01. The summed E-state index contributed by atoms with van der Waals surface area (Å²) in [5.74, 6) is 0.200. The lowest BCUT2D eigenvalue weighted by molar-refractivity contribution is -0.140. The molecule has 1 unspecified atom stereocenters. The molecule has 2 aliphatic rings. The van der Waals surface area contributed by atoms with Crippen LogP contribution in [0.25, 0.3) is 0 Å². The zero-order valence-corrected chi connectivity index (χ0v) is 13.1. The van der Waals surface area contributed by atoms with Gasteiger partial charge < -0.3 is 10.0 Å². The molecule has 1 N–H and O–H groups in total. The Morgan fingerprint density at radius 3 is 2.82 bits per heavy atom. The van der Waals surface area contributed by atoms with Gasteiger partial charge in [-0.05, 0) is 43.5 Å². The molecule has 3 rings (SSSR count). The molecule has 0 radical (unpaired) electrons. The van der Waals surface area contributed by atoms with Gasteiger partial charge >= 0.3 is 0 Å². The molecule has 5 heteroatoms. The quantitative estimate of drug-likeness (QED) is 0.910. The van der Waals surface area contributed by atoms with E-state index in [2.05, 4.69) is 22.0 Å². The summed E-state index contributed by atoms with van der Waals surface area (Å²) in [4.78, 5) is 20.4. The number of nitrogens with zero attached hydrogens (tertiary/aromatic N) is 3. The number of hydrogen-bond acceptors (Lipinski definition) is 4. The van der Waals surface area contributed by atoms with Gasteiger partial charge in [0.25, 0.3) is 0 Å². The second kappa shape index (κ2) is 6.75. The number of pyridine rings is 1. The van der Waals surface area contributed by atoms with Crippen LogP contribution in [0.3, 0.4) is 0 Å².